The fraction of sp³-hybridized carbons (Fsp3) is 0.381. The molecule has 30 heavy (non-hydrogen) atoms. The summed E-state index contributed by atoms with van der Waals surface area (Å²) in [6.07, 6.45) is 5.03. The van der Waals surface area contributed by atoms with E-state index in [-0.39, 0.29) is 18.2 Å². The zero-order valence-electron chi connectivity index (χ0n) is 16.7. The highest BCUT2D eigenvalue weighted by molar-refractivity contribution is 7.89. The van der Waals surface area contributed by atoms with Gasteiger partial charge in [0.25, 0.3) is 0 Å². The lowest BCUT2D eigenvalue weighted by atomic mass is 9.99. The van der Waals surface area contributed by atoms with Crippen LogP contribution in [-0.2, 0) is 19.6 Å². The second kappa shape index (κ2) is 9.13. The maximum atomic E-state index is 12.8. The third-order valence-electron chi connectivity index (χ3n) is 5.14. The lowest BCUT2D eigenvalue weighted by Crippen LogP contribution is -2.41. The first-order chi connectivity index (χ1) is 14.3. The summed E-state index contributed by atoms with van der Waals surface area (Å²) >= 11 is 6.16. The van der Waals surface area contributed by atoms with Crippen molar-refractivity contribution in [1.29, 1.82) is 5.26 Å². The molecule has 1 atom stereocenters. The number of methoxy groups -OCH3 is 1. The minimum Gasteiger partial charge on any atom is -0.468 e. The molecule has 1 saturated carbocycles. The molecule has 7 nitrogen and oxygen atoms in total. The van der Waals surface area contributed by atoms with Crippen LogP contribution in [0.3, 0.4) is 0 Å². The molecule has 1 fully saturated rings. The number of nitrogens with zero attached hydrogens (tertiary/aromatic N) is 3. The Morgan fingerprint density at radius 3 is 2.63 bits per heavy atom. The number of hydrogen-bond donors (Lipinski definition) is 0. The highest BCUT2D eigenvalue weighted by atomic mass is 35.5. The van der Waals surface area contributed by atoms with Gasteiger partial charge in [0.15, 0.2) is 0 Å². The molecule has 2 aromatic rings. The van der Waals surface area contributed by atoms with Crippen LogP contribution in [0.15, 0.2) is 36.7 Å². The van der Waals surface area contributed by atoms with Gasteiger partial charge in [0.05, 0.1) is 29.5 Å². The van der Waals surface area contributed by atoms with Crippen molar-refractivity contribution in [3.63, 3.8) is 0 Å². The molecule has 1 heterocycles. The van der Waals surface area contributed by atoms with Crippen molar-refractivity contribution in [3.05, 3.63) is 52.8 Å². The number of ether oxygens (including phenoxy) is 1. The minimum atomic E-state index is -3.66. The van der Waals surface area contributed by atoms with Crippen LogP contribution in [-0.4, -0.2) is 43.1 Å². The van der Waals surface area contributed by atoms with Gasteiger partial charge in [-0.1, -0.05) is 17.7 Å². The van der Waals surface area contributed by atoms with Gasteiger partial charge in [0.2, 0.25) is 10.0 Å². The monoisotopic (exact) mass is 447 g/mol. The van der Waals surface area contributed by atoms with Crippen molar-refractivity contribution < 1.29 is 17.9 Å². The second-order valence-electron chi connectivity index (χ2n) is 7.12. The Bertz CT molecular complexity index is 1090. The molecule has 0 spiro atoms. The first-order valence-electron chi connectivity index (χ1n) is 9.52. The van der Waals surface area contributed by atoms with Crippen LogP contribution in [0.5, 0.6) is 0 Å². The number of hydrogen-bond acceptors (Lipinski definition) is 6. The predicted molar refractivity (Wildman–Crippen MR) is 113 cm³/mol. The van der Waals surface area contributed by atoms with E-state index in [0.29, 0.717) is 16.1 Å². The number of rotatable bonds is 8. The minimum absolute atomic E-state index is 0.109. The zero-order chi connectivity index (χ0) is 21.9. The van der Waals surface area contributed by atoms with Gasteiger partial charge in [-0.25, -0.2) is 8.42 Å². The number of sulfonamides is 1. The van der Waals surface area contributed by atoms with Crippen LogP contribution in [0.1, 0.15) is 36.9 Å². The largest absolute Gasteiger partial charge is 0.468 e. The Morgan fingerprint density at radius 1 is 1.33 bits per heavy atom. The maximum Gasteiger partial charge on any atom is 0.321 e. The van der Waals surface area contributed by atoms with E-state index in [1.165, 1.54) is 11.4 Å². The lowest BCUT2D eigenvalue weighted by Gasteiger charge is -2.30. The van der Waals surface area contributed by atoms with E-state index in [9.17, 15) is 13.2 Å². The number of benzene rings is 1. The topological polar surface area (TPSA) is 100 Å². The molecule has 1 aromatic carbocycles. The van der Waals surface area contributed by atoms with E-state index in [1.807, 2.05) is 12.1 Å². The standard InChI is InChI=1S/C21H22ClN3O4S/c1-3-30(27,28)25(13-20(26)29-2)21(14-4-5-14)18-8-17(11-24-12-18)15-6-7-16(10-23)19(22)9-15/h6-9,11-12,14,21H,3-5,13H2,1-2H3. The molecular formula is C21H22ClN3O4S. The normalized spacial score (nSPS) is 14.9. The summed E-state index contributed by atoms with van der Waals surface area (Å²) in [5.74, 6) is -0.621. The van der Waals surface area contributed by atoms with Gasteiger partial charge < -0.3 is 4.74 Å². The van der Waals surface area contributed by atoms with E-state index >= 15 is 0 Å². The summed E-state index contributed by atoms with van der Waals surface area (Å²) in [6, 6.07) is 8.47. The molecule has 1 aliphatic rings. The lowest BCUT2D eigenvalue weighted by molar-refractivity contribution is -0.141. The van der Waals surface area contributed by atoms with Crippen molar-refractivity contribution in [1.82, 2.24) is 9.29 Å². The van der Waals surface area contributed by atoms with Crippen molar-refractivity contribution in [2.45, 2.75) is 25.8 Å². The number of carbonyl (C=O) groups excluding carboxylic acids is 1. The van der Waals surface area contributed by atoms with Crippen molar-refractivity contribution in [2.24, 2.45) is 5.92 Å². The van der Waals surface area contributed by atoms with Crippen molar-refractivity contribution in [3.8, 4) is 17.2 Å². The van der Waals surface area contributed by atoms with E-state index in [4.69, 9.17) is 21.6 Å². The number of nitriles is 1. The molecule has 0 saturated heterocycles. The Labute approximate surface area is 181 Å². The molecular weight excluding hydrogens is 426 g/mol. The Hall–Kier alpha value is -2.47. The van der Waals surface area contributed by atoms with Gasteiger partial charge in [-0.15, -0.1) is 0 Å². The summed E-state index contributed by atoms with van der Waals surface area (Å²) in [6.45, 7) is 1.21. The van der Waals surface area contributed by atoms with Crippen LogP contribution >= 0.6 is 11.6 Å². The quantitative estimate of drug-likeness (QED) is 0.573. The average molecular weight is 448 g/mol. The third kappa shape index (κ3) is 4.81. The molecule has 1 unspecified atom stereocenters. The molecule has 0 amide bonds. The maximum absolute atomic E-state index is 12.8. The molecule has 1 aliphatic carbocycles. The number of aromatic nitrogens is 1. The van der Waals surface area contributed by atoms with Crippen molar-refractivity contribution >= 4 is 27.6 Å². The van der Waals surface area contributed by atoms with Gasteiger partial charge in [0.1, 0.15) is 12.6 Å². The predicted octanol–water partition coefficient (Wildman–Crippen LogP) is 3.55. The van der Waals surface area contributed by atoms with Crippen LogP contribution in [0, 0.1) is 17.2 Å². The van der Waals surface area contributed by atoms with Crippen LogP contribution < -0.4 is 0 Å². The molecule has 1 aromatic heterocycles. The first kappa shape index (κ1) is 22.2. The van der Waals surface area contributed by atoms with Crippen LogP contribution in [0.4, 0.5) is 0 Å². The molecule has 3 rings (SSSR count). The SMILES string of the molecule is CCS(=O)(=O)N(CC(=O)OC)C(c1cncc(-c2ccc(C#N)c(Cl)c2)c1)C1CC1. The zero-order valence-corrected chi connectivity index (χ0v) is 18.3. The van der Waals surface area contributed by atoms with Crippen LogP contribution in [0.25, 0.3) is 11.1 Å². The first-order valence-corrected chi connectivity index (χ1v) is 11.5. The molecule has 0 aliphatic heterocycles. The summed E-state index contributed by atoms with van der Waals surface area (Å²) in [7, 11) is -2.43. The number of halogens is 1. The average Bonchev–Trinajstić information content (AvgIpc) is 3.58. The Morgan fingerprint density at radius 2 is 2.07 bits per heavy atom. The van der Waals surface area contributed by atoms with Crippen LogP contribution in [0.2, 0.25) is 5.02 Å². The number of esters is 1. The van der Waals surface area contributed by atoms with Gasteiger partial charge in [-0.05, 0) is 55.0 Å². The third-order valence-corrected chi connectivity index (χ3v) is 7.25. The molecule has 0 bridgehead atoms. The van der Waals surface area contributed by atoms with E-state index < -0.39 is 22.0 Å². The number of pyridine rings is 1. The fourth-order valence-corrected chi connectivity index (χ4v) is 4.87. The Balaban J connectivity index is 2.04. The van der Waals surface area contributed by atoms with E-state index in [0.717, 1.165) is 24.0 Å². The molecule has 0 radical (unpaired) electrons. The summed E-state index contributed by atoms with van der Waals surface area (Å²) in [5.41, 5.74) is 2.59. The summed E-state index contributed by atoms with van der Waals surface area (Å²) in [5, 5.41) is 9.40. The Kier molecular flexibility index (Phi) is 6.76. The highest BCUT2D eigenvalue weighted by Crippen LogP contribution is 2.46. The summed E-state index contributed by atoms with van der Waals surface area (Å²) < 4.78 is 31.6. The van der Waals surface area contributed by atoms with Gasteiger partial charge in [-0.3, -0.25) is 9.78 Å². The second-order valence-corrected chi connectivity index (χ2v) is 9.73. The molecule has 158 valence electrons. The summed E-state index contributed by atoms with van der Waals surface area (Å²) in [4.78, 5) is 16.3. The number of carbonyl (C=O) groups is 1. The molecule has 9 heteroatoms. The smallest absolute Gasteiger partial charge is 0.321 e. The van der Waals surface area contributed by atoms with E-state index in [2.05, 4.69) is 4.98 Å². The van der Waals surface area contributed by atoms with Gasteiger partial charge in [-0.2, -0.15) is 9.57 Å². The molecule has 0 N–H and O–H groups in total. The fourth-order valence-electron chi connectivity index (χ4n) is 3.38. The van der Waals surface area contributed by atoms with E-state index in [1.54, 1.807) is 37.5 Å². The van der Waals surface area contributed by atoms with Gasteiger partial charge >= 0.3 is 5.97 Å². The van der Waals surface area contributed by atoms with Crippen molar-refractivity contribution in [2.75, 3.05) is 19.4 Å². The van der Waals surface area contributed by atoms with Gasteiger partial charge in [0, 0.05) is 18.0 Å². The highest BCUT2D eigenvalue weighted by Gasteiger charge is 2.42.